The third kappa shape index (κ3) is 5.86. The third-order valence-corrected chi connectivity index (χ3v) is 9.07. The van der Waals surface area contributed by atoms with Crippen molar-refractivity contribution in [1.29, 1.82) is 0 Å². The summed E-state index contributed by atoms with van der Waals surface area (Å²) in [5.74, 6) is 1.90. The van der Waals surface area contributed by atoms with Gasteiger partial charge in [0.15, 0.2) is 0 Å². The van der Waals surface area contributed by atoms with Gasteiger partial charge < -0.3 is 24.3 Å². The van der Waals surface area contributed by atoms with Crippen LogP contribution in [0, 0.1) is 13.8 Å². The second kappa shape index (κ2) is 11.1. The number of hydrogen-bond donors (Lipinski definition) is 1. The van der Waals surface area contributed by atoms with E-state index in [1.165, 1.54) is 11.3 Å². The molecular weight excluding hydrogens is 550 g/mol. The van der Waals surface area contributed by atoms with Gasteiger partial charge in [0.2, 0.25) is 0 Å². The Kier molecular flexibility index (Phi) is 7.43. The molecule has 0 saturated carbocycles. The number of benzene rings is 2. The molecule has 1 N–H and O–H groups in total. The van der Waals surface area contributed by atoms with Crippen LogP contribution in [0.15, 0.2) is 36.4 Å². The number of likely N-dealkylation sites (tertiary alicyclic amines) is 1. The van der Waals surface area contributed by atoms with Crippen molar-refractivity contribution in [1.82, 2.24) is 24.8 Å². The molecule has 220 valence electrons. The van der Waals surface area contributed by atoms with Gasteiger partial charge in [0, 0.05) is 31.1 Å². The van der Waals surface area contributed by atoms with E-state index in [0.717, 1.165) is 62.8 Å². The van der Waals surface area contributed by atoms with Crippen molar-refractivity contribution in [2.75, 3.05) is 26.2 Å². The summed E-state index contributed by atoms with van der Waals surface area (Å²) in [5, 5.41) is 0.970. The maximum Gasteiger partial charge on any atom is 0.410 e. The van der Waals surface area contributed by atoms with Gasteiger partial charge in [-0.2, -0.15) is 0 Å². The van der Waals surface area contributed by atoms with Crippen LogP contribution in [0.4, 0.5) is 4.79 Å². The standard InChI is InChI=1S/C32H37N5O4S/c1-19-28(42-29(33-19)21-10-12-36(13-11-21)31(39)41-32(3,4)5)30(38)37-14-15-40-27-9-7-22(16-24(27)18-37)23-6-8-25-26(17-23)35-20(2)34-25/h6-9,16-17,21H,10-15,18H2,1-5H3,(H,34,35). The monoisotopic (exact) mass is 587 g/mol. The van der Waals surface area contributed by atoms with E-state index in [2.05, 4.69) is 34.2 Å². The minimum Gasteiger partial charge on any atom is -0.491 e. The van der Waals surface area contributed by atoms with Crippen LogP contribution in [0.2, 0.25) is 0 Å². The van der Waals surface area contributed by atoms with Crippen molar-refractivity contribution in [2.24, 2.45) is 0 Å². The molecule has 2 aliphatic heterocycles. The number of aromatic nitrogens is 3. The zero-order chi connectivity index (χ0) is 29.6. The Morgan fingerprint density at radius 3 is 2.50 bits per heavy atom. The molecule has 10 heteroatoms. The highest BCUT2D eigenvalue weighted by atomic mass is 32.1. The number of piperidine rings is 1. The zero-order valence-corrected chi connectivity index (χ0v) is 25.6. The van der Waals surface area contributed by atoms with E-state index >= 15 is 0 Å². The molecule has 9 nitrogen and oxygen atoms in total. The lowest BCUT2D eigenvalue weighted by molar-refractivity contribution is 0.0204. The highest BCUT2D eigenvalue weighted by Gasteiger charge is 2.31. The van der Waals surface area contributed by atoms with E-state index in [1.807, 2.05) is 51.7 Å². The Hall–Kier alpha value is -3.92. The summed E-state index contributed by atoms with van der Waals surface area (Å²) in [4.78, 5) is 43.3. The summed E-state index contributed by atoms with van der Waals surface area (Å²) >= 11 is 1.49. The van der Waals surface area contributed by atoms with E-state index < -0.39 is 5.60 Å². The highest BCUT2D eigenvalue weighted by Crippen LogP contribution is 2.35. The second-order valence-corrected chi connectivity index (χ2v) is 13.2. The van der Waals surface area contributed by atoms with Crippen LogP contribution in [0.5, 0.6) is 5.75 Å². The molecule has 2 aliphatic rings. The summed E-state index contributed by atoms with van der Waals surface area (Å²) in [7, 11) is 0. The number of aromatic amines is 1. The number of ether oxygens (including phenoxy) is 2. The maximum absolute atomic E-state index is 13.8. The first-order valence-electron chi connectivity index (χ1n) is 14.5. The van der Waals surface area contributed by atoms with Crippen molar-refractivity contribution in [3.8, 4) is 16.9 Å². The number of H-pyrrole nitrogens is 1. The minimum absolute atomic E-state index is 0.0160. The number of carbonyl (C=O) groups excluding carboxylic acids is 2. The molecule has 0 radical (unpaired) electrons. The van der Waals surface area contributed by atoms with Gasteiger partial charge in [-0.1, -0.05) is 12.1 Å². The average molecular weight is 588 g/mol. The van der Waals surface area contributed by atoms with Gasteiger partial charge in [-0.05, 0) is 82.9 Å². The molecule has 0 spiro atoms. The molecule has 4 heterocycles. The first-order valence-corrected chi connectivity index (χ1v) is 15.3. The van der Waals surface area contributed by atoms with Gasteiger partial charge in [-0.15, -0.1) is 11.3 Å². The SMILES string of the molecule is Cc1nc2cc(-c3ccc4c(c3)CN(C(=O)c3sc(C5CCN(C(=O)OC(C)(C)C)CC5)nc3C)CCO4)ccc2[nH]1. The van der Waals surface area contributed by atoms with E-state index in [0.29, 0.717) is 37.7 Å². The Balaban J connectivity index is 1.16. The van der Waals surface area contributed by atoms with Crippen LogP contribution >= 0.6 is 11.3 Å². The number of nitrogens with zero attached hydrogens (tertiary/aromatic N) is 4. The Bertz CT molecular complexity index is 1640. The molecule has 42 heavy (non-hydrogen) atoms. The molecule has 2 amide bonds. The predicted octanol–water partition coefficient (Wildman–Crippen LogP) is 6.45. The number of aryl methyl sites for hydroxylation is 2. The van der Waals surface area contributed by atoms with Crippen LogP contribution in [-0.2, 0) is 11.3 Å². The number of carbonyl (C=O) groups is 2. The minimum atomic E-state index is -0.510. The van der Waals surface area contributed by atoms with Crippen molar-refractivity contribution in [3.63, 3.8) is 0 Å². The zero-order valence-electron chi connectivity index (χ0n) is 24.8. The van der Waals surface area contributed by atoms with Crippen LogP contribution in [0.3, 0.4) is 0 Å². The summed E-state index contributed by atoms with van der Waals surface area (Å²) < 4.78 is 11.6. The van der Waals surface area contributed by atoms with Crippen molar-refractivity contribution in [2.45, 2.75) is 65.5 Å². The topological polar surface area (TPSA) is 101 Å². The van der Waals surface area contributed by atoms with Gasteiger partial charge in [0.1, 0.15) is 28.7 Å². The predicted molar refractivity (Wildman–Crippen MR) is 163 cm³/mol. The number of rotatable bonds is 3. The Morgan fingerprint density at radius 2 is 1.74 bits per heavy atom. The molecule has 0 unspecified atom stereocenters. The second-order valence-electron chi connectivity index (χ2n) is 12.2. The number of imidazole rings is 1. The molecule has 2 aromatic carbocycles. The number of amides is 2. The number of thiazole rings is 1. The van der Waals surface area contributed by atoms with Gasteiger partial charge in [-0.3, -0.25) is 4.79 Å². The van der Waals surface area contributed by atoms with Crippen molar-refractivity contribution in [3.05, 3.63) is 63.4 Å². The quantitative estimate of drug-likeness (QED) is 0.296. The van der Waals surface area contributed by atoms with Gasteiger partial charge in [0.05, 0.1) is 28.3 Å². The molecule has 6 rings (SSSR count). The summed E-state index contributed by atoms with van der Waals surface area (Å²) in [5.41, 5.74) is 5.30. The number of fused-ring (bicyclic) bond motifs is 2. The summed E-state index contributed by atoms with van der Waals surface area (Å²) in [6, 6.07) is 12.4. The first-order chi connectivity index (χ1) is 20.0. The van der Waals surface area contributed by atoms with Crippen molar-refractivity contribution < 1.29 is 19.1 Å². The molecule has 2 aromatic heterocycles. The van der Waals surface area contributed by atoms with Gasteiger partial charge in [0.25, 0.3) is 5.91 Å². The van der Waals surface area contributed by atoms with E-state index in [-0.39, 0.29) is 17.9 Å². The molecule has 1 saturated heterocycles. The largest absolute Gasteiger partial charge is 0.491 e. The van der Waals surface area contributed by atoms with Gasteiger partial charge >= 0.3 is 6.09 Å². The average Bonchev–Trinajstić information content (AvgIpc) is 3.44. The van der Waals surface area contributed by atoms with Crippen LogP contribution in [-0.4, -0.2) is 68.6 Å². The fraction of sp³-hybridized carbons (Fsp3) is 0.438. The van der Waals surface area contributed by atoms with Crippen LogP contribution in [0.25, 0.3) is 22.2 Å². The Morgan fingerprint density at radius 1 is 1.00 bits per heavy atom. The molecular formula is C32H37N5O4S. The summed E-state index contributed by atoms with van der Waals surface area (Å²) in [6.07, 6.45) is 1.34. The van der Waals surface area contributed by atoms with E-state index in [9.17, 15) is 9.59 Å². The molecule has 0 aliphatic carbocycles. The Labute approximate surface area is 249 Å². The molecule has 1 fully saturated rings. The molecule has 0 atom stereocenters. The normalized spacial score (nSPS) is 16.2. The molecule has 0 bridgehead atoms. The lowest BCUT2D eigenvalue weighted by atomic mass is 9.98. The van der Waals surface area contributed by atoms with Crippen LogP contribution in [0.1, 0.15) is 71.3 Å². The van der Waals surface area contributed by atoms with Crippen molar-refractivity contribution >= 4 is 34.4 Å². The molecule has 4 aromatic rings. The highest BCUT2D eigenvalue weighted by molar-refractivity contribution is 7.13. The smallest absolute Gasteiger partial charge is 0.410 e. The summed E-state index contributed by atoms with van der Waals surface area (Å²) in [6.45, 7) is 12.2. The van der Waals surface area contributed by atoms with Crippen LogP contribution < -0.4 is 4.74 Å². The lowest BCUT2D eigenvalue weighted by Crippen LogP contribution is -2.41. The third-order valence-electron chi connectivity index (χ3n) is 7.77. The number of nitrogens with one attached hydrogen (secondary N) is 1. The maximum atomic E-state index is 13.8. The van der Waals surface area contributed by atoms with E-state index in [1.54, 1.807) is 4.90 Å². The first kappa shape index (κ1) is 28.2. The number of hydrogen-bond acceptors (Lipinski definition) is 7. The fourth-order valence-corrected chi connectivity index (χ4v) is 6.83. The lowest BCUT2D eigenvalue weighted by Gasteiger charge is -2.32. The van der Waals surface area contributed by atoms with E-state index in [4.69, 9.17) is 14.5 Å². The van der Waals surface area contributed by atoms with Gasteiger partial charge in [-0.25, -0.2) is 14.8 Å². The fourth-order valence-electron chi connectivity index (χ4n) is 5.63.